The molecular weight excluding hydrogens is 249 g/mol. The monoisotopic (exact) mass is 275 g/mol. The van der Waals surface area contributed by atoms with Crippen LogP contribution in [0.4, 0.5) is 0 Å². The van der Waals surface area contributed by atoms with Gasteiger partial charge in [-0.15, -0.1) is 0 Å². The van der Waals surface area contributed by atoms with Gasteiger partial charge in [0, 0.05) is 22.8 Å². The van der Waals surface area contributed by atoms with Crippen LogP contribution < -0.4 is 5.46 Å². The van der Waals surface area contributed by atoms with Crippen molar-refractivity contribution < 1.29 is 9.31 Å². The van der Waals surface area contributed by atoms with Crippen LogP contribution in [-0.4, -0.2) is 23.3 Å². The molecule has 0 unspecified atom stereocenters. The molecule has 0 N–H and O–H groups in total. The van der Waals surface area contributed by atoms with Crippen LogP contribution in [0.3, 0.4) is 0 Å². The Hall–Kier alpha value is -0.865. The first-order valence-electron chi connectivity index (χ1n) is 7.27. The van der Waals surface area contributed by atoms with Crippen LogP contribution in [-0.2, 0) is 14.7 Å². The van der Waals surface area contributed by atoms with Gasteiger partial charge in [-0.3, -0.25) is 4.98 Å². The molecule has 3 nitrogen and oxygen atoms in total. The van der Waals surface area contributed by atoms with Crippen molar-refractivity contribution in [1.29, 1.82) is 0 Å². The molecule has 2 heterocycles. The van der Waals surface area contributed by atoms with Gasteiger partial charge < -0.3 is 9.31 Å². The SMILES string of the molecule is Cc1cnc(C(C)(C)C)c(B2OC(C)(C)C(C)(C)O2)c1. The van der Waals surface area contributed by atoms with Crippen LogP contribution in [0.15, 0.2) is 12.3 Å². The fraction of sp³-hybridized carbons (Fsp3) is 0.688. The molecule has 0 aliphatic carbocycles. The van der Waals surface area contributed by atoms with Crippen molar-refractivity contribution in [2.24, 2.45) is 0 Å². The molecule has 2 rings (SSSR count). The van der Waals surface area contributed by atoms with Gasteiger partial charge >= 0.3 is 7.12 Å². The van der Waals surface area contributed by atoms with Gasteiger partial charge in [-0.25, -0.2) is 0 Å². The van der Waals surface area contributed by atoms with Crippen LogP contribution in [0.5, 0.6) is 0 Å². The molecule has 0 spiro atoms. The summed E-state index contributed by atoms with van der Waals surface area (Å²) < 4.78 is 12.4. The summed E-state index contributed by atoms with van der Waals surface area (Å²) in [6, 6.07) is 2.13. The Labute approximate surface area is 123 Å². The summed E-state index contributed by atoms with van der Waals surface area (Å²) in [6.45, 7) is 16.9. The van der Waals surface area contributed by atoms with Crippen LogP contribution in [0.1, 0.15) is 59.7 Å². The molecule has 0 radical (unpaired) electrons. The van der Waals surface area contributed by atoms with Crippen molar-refractivity contribution in [2.45, 2.75) is 72.0 Å². The normalized spacial score (nSPS) is 21.3. The lowest BCUT2D eigenvalue weighted by Gasteiger charge is -2.32. The summed E-state index contributed by atoms with van der Waals surface area (Å²) in [5.41, 5.74) is 2.54. The second kappa shape index (κ2) is 4.57. The Kier molecular flexibility index (Phi) is 3.55. The lowest BCUT2D eigenvalue weighted by molar-refractivity contribution is 0.00578. The Morgan fingerprint density at radius 2 is 1.55 bits per heavy atom. The number of pyridine rings is 1. The quantitative estimate of drug-likeness (QED) is 0.738. The molecule has 4 heteroatoms. The fourth-order valence-corrected chi connectivity index (χ4v) is 2.37. The molecule has 0 amide bonds. The van der Waals surface area contributed by atoms with Crippen LogP contribution in [0, 0.1) is 6.92 Å². The van der Waals surface area contributed by atoms with E-state index in [2.05, 4.69) is 59.5 Å². The summed E-state index contributed by atoms with van der Waals surface area (Å²) in [7, 11) is -0.346. The van der Waals surface area contributed by atoms with E-state index in [1.807, 2.05) is 13.1 Å². The van der Waals surface area contributed by atoms with E-state index in [1.54, 1.807) is 0 Å². The number of rotatable bonds is 1. The first-order chi connectivity index (χ1) is 8.94. The van der Waals surface area contributed by atoms with Gasteiger partial charge in [-0.05, 0) is 40.2 Å². The van der Waals surface area contributed by atoms with E-state index in [0.29, 0.717) is 0 Å². The molecule has 0 bridgehead atoms. The van der Waals surface area contributed by atoms with E-state index in [4.69, 9.17) is 9.31 Å². The molecule has 0 saturated carbocycles. The number of aromatic nitrogens is 1. The summed E-state index contributed by atoms with van der Waals surface area (Å²) in [5, 5.41) is 0. The third kappa shape index (κ3) is 2.64. The molecule has 20 heavy (non-hydrogen) atoms. The summed E-state index contributed by atoms with van der Waals surface area (Å²) >= 11 is 0. The highest BCUT2D eigenvalue weighted by Crippen LogP contribution is 2.37. The topological polar surface area (TPSA) is 31.4 Å². The highest BCUT2D eigenvalue weighted by Gasteiger charge is 2.52. The molecule has 1 fully saturated rings. The molecule has 1 saturated heterocycles. The van der Waals surface area contributed by atoms with Crippen molar-refractivity contribution in [3.05, 3.63) is 23.5 Å². The standard InChI is InChI=1S/C16H26BNO2/c1-11-9-12(13(18-10-11)14(2,3)4)17-19-15(5,6)16(7,8)20-17/h9-10H,1-8H3. The summed E-state index contributed by atoms with van der Waals surface area (Å²) in [6.07, 6.45) is 1.91. The number of hydrogen-bond donors (Lipinski definition) is 0. The summed E-state index contributed by atoms with van der Waals surface area (Å²) in [5.74, 6) is 0. The third-order valence-corrected chi connectivity index (χ3v) is 4.27. The highest BCUT2D eigenvalue weighted by molar-refractivity contribution is 6.62. The van der Waals surface area contributed by atoms with Crippen molar-refractivity contribution >= 4 is 12.6 Å². The predicted octanol–water partition coefficient (Wildman–Crippen LogP) is 2.99. The maximum Gasteiger partial charge on any atom is 0.496 e. The molecule has 1 aromatic rings. The van der Waals surface area contributed by atoms with E-state index >= 15 is 0 Å². The Morgan fingerprint density at radius 3 is 2.00 bits per heavy atom. The molecule has 0 aromatic carbocycles. The largest absolute Gasteiger partial charge is 0.496 e. The van der Waals surface area contributed by atoms with Gasteiger partial charge in [0.1, 0.15) is 0 Å². The van der Waals surface area contributed by atoms with Gasteiger partial charge in [-0.2, -0.15) is 0 Å². The molecule has 1 aliphatic rings. The van der Waals surface area contributed by atoms with Crippen molar-refractivity contribution in [1.82, 2.24) is 4.98 Å². The second-order valence-electron chi connectivity index (χ2n) is 7.79. The minimum Gasteiger partial charge on any atom is -0.399 e. The predicted molar refractivity (Wildman–Crippen MR) is 83.4 cm³/mol. The molecule has 0 atom stereocenters. The van der Waals surface area contributed by atoms with Crippen LogP contribution in [0.25, 0.3) is 0 Å². The van der Waals surface area contributed by atoms with Crippen molar-refractivity contribution in [3.8, 4) is 0 Å². The van der Waals surface area contributed by atoms with Crippen molar-refractivity contribution in [2.75, 3.05) is 0 Å². The number of hydrogen-bond acceptors (Lipinski definition) is 3. The van der Waals surface area contributed by atoms with E-state index in [-0.39, 0.29) is 23.7 Å². The van der Waals surface area contributed by atoms with E-state index in [9.17, 15) is 0 Å². The van der Waals surface area contributed by atoms with E-state index in [1.165, 1.54) is 0 Å². The van der Waals surface area contributed by atoms with Crippen LogP contribution >= 0.6 is 0 Å². The molecule has 110 valence electrons. The zero-order valence-corrected chi connectivity index (χ0v) is 14.0. The lowest BCUT2D eigenvalue weighted by Crippen LogP contribution is -2.41. The number of nitrogens with zero attached hydrogens (tertiary/aromatic N) is 1. The maximum absolute atomic E-state index is 6.18. The Morgan fingerprint density at radius 1 is 1.05 bits per heavy atom. The van der Waals surface area contributed by atoms with E-state index in [0.717, 1.165) is 16.7 Å². The second-order valence-corrected chi connectivity index (χ2v) is 7.79. The first kappa shape index (κ1) is 15.5. The zero-order chi connectivity index (χ0) is 15.3. The molecule has 1 aliphatic heterocycles. The van der Waals surface area contributed by atoms with E-state index < -0.39 is 0 Å². The van der Waals surface area contributed by atoms with Crippen LogP contribution in [0.2, 0.25) is 0 Å². The first-order valence-corrected chi connectivity index (χ1v) is 7.27. The van der Waals surface area contributed by atoms with Gasteiger partial charge in [0.2, 0.25) is 0 Å². The Bertz CT molecular complexity index is 502. The minimum absolute atomic E-state index is 0.0351. The smallest absolute Gasteiger partial charge is 0.399 e. The van der Waals surface area contributed by atoms with Gasteiger partial charge in [-0.1, -0.05) is 26.8 Å². The molecule has 1 aromatic heterocycles. The average molecular weight is 275 g/mol. The lowest BCUT2D eigenvalue weighted by atomic mass is 9.72. The fourth-order valence-electron chi connectivity index (χ4n) is 2.37. The van der Waals surface area contributed by atoms with Gasteiger partial charge in [0.05, 0.1) is 11.2 Å². The summed E-state index contributed by atoms with van der Waals surface area (Å²) in [4.78, 5) is 4.63. The van der Waals surface area contributed by atoms with Gasteiger partial charge in [0.15, 0.2) is 0 Å². The maximum atomic E-state index is 6.18. The average Bonchev–Trinajstić information content (AvgIpc) is 2.46. The van der Waals surface area contributed by atoms with Crippen molar-refractivity contribution in [3.63, 3.8) is 0 Å². The minimum atomic E-state index is -0.346. The molecular formula is C16H26BNO2. The van der Waals surface area contributed by atoms with Gasteiger partial charge in [0.25, 0.3) is 0 Å². The third-order valence-electron chi connectivity index (χ3n) is 4.27. The highest BCUT2D eigenvalue weighted by atomic mass is 16.7. The Balaban J connectivity index is 2.47. The zero-order valence-electron chi connectivity index (χ0n) is 14.0. The number of aryl methyl sites for hydroxylation is 1.